The molecule has 0 aliphatic carbocycles. The Kier molecular flexibility index (Phi) is 1.51. The molecule has 5 heteroatoms. The zero-order chi connectivity index (χ0) is 9.42. The minimum atomic E-state index is -0.942. The number of hydrogen-bond donors (Lipinski definition) is 1. The van der Waals surface area contributed by atoms with Crippen LogP contribution in [0, 0.1) is 6.92 Å². The van der Waals surface area contributed by atoms with Gasteiger partial charge in [0.15, 0.2) is 0 Å². The van der Waals surface area contributed by atoms with E-state index in [2.05, 4.69) is 10.1 Å². The highest BCUT2D eigenvalue weighted by molar-refractivity contribution is 5.91. The van der Waals surface area contributed by atoms with Gasteiger partial charge in [-0.1, -0.05) is 0 Å². The molecule has 0 radical (unpaired) electrons. The molecule has 2 heterocycles. The summed E-state index contributed by atoms with van der Waals surface area (Å²) >= 11 is 0. The number of fused-ring (bicyclic) bond motifs is 1. The SMILES string of the molecule is Cc1c(C(=O)O)cc2cncnn12. The summed E-state index contributed by atoms with van der Waals surface area (Å²) in [4.78, 5) is 14.5. The van der Waals surface area contributed by atoms with Crippen LogP contribution < -0.4 is 0 Å². The third-order valence-corrected chi connectivity index (χ3v) is 1.92. The Morgan fingerprint density at radius 2 is 2.38 bits per heavy atom. The standard InChI is InChI=1S/C8H7N3O2/c1-5-7(8(12)13)2-6-3-9-4-10-11(5)6/h2-4H,1H3,(H,12,13). The van der Waals surface area contributed by atoms with Crippen molar-refractivity contribution in [3.63, 3.8) is 0 Å². The van der Waals surface area contributed by atoms with Crippen LogP contribution in [0.3, 0.4) is 0 Å². The highest BCUT2D eigenvalue weighted by Crippen LogP contribution is 2.12. The van der Waals surface area contributed by atoms with Gasteiger partial charge in [0.05, 0.1) is 23.0 Å². The Bertz CT molecular complexity index is 475. The van der Waals surface area contributed by atoms with Crippen molar-refractivity contribution in [3.8, 4) is 0 Å². The van der Waals surface area contributed by atoms with E-state index < -0.39 is 5.97 Å². The number of aromatic carboxylic acids is 1. The zero-order valence-electron chi connectivity index (χ0n) is 6.93. The molecule has 1 N–H and O–H groups in total. The minimum Gasteiger partial charge on any atom is -0.478 e. The first-order valence-electron chi connectivity index (χ1n) is 3.72. The number of aromatic nitrogens is 3. The first-order chi connectivity index (χ1) is 6.20. The van der Waals surface area contributed by atoms with Crippen LogP contribution in [0.25, 0.3) is 5.52 Å². The molecule has 0 bridgehead atoms. The maximum absolute atomic E-state index is 10.7. The van der Waals surface area contributed by atoms with Gasteiger partial charge in [0, 0.05) is 0 Å². The minimum absolute atomic E-state index is 0.264. The third kappa shape index (κ3) is 1.05. The highest BCUT2D eigenvalue weighted by Gasteiger charge is 2.12. The molecule has 0 unspecified atom stereocenters. The second-order valence-electron chi connectivity index (χ2n) is 2.69. The van der Waals surface area contributed by atoms with Gasteiger partial charge in [0.2, 0.25) is 0 Å². The van der Waals surface area contributed by atoms with E-state index in [1.807, 2.05) is 0 Å². The Morgan fingerprint density at radius 3 is 3.00 bits per heavy atom. The second-order valence-corrected chi connectivity index (χ2v) is 2.69. The van der Waals surface area contributed by atoms with Gasteiger partial charge in [0.1, 0.15) is 6.33 Å². The maximum atomic E-state index is 10.7. The van der Waals surface area contributed by atoms with Crippen molar-refractivity contribution in [2.45, 2.75) is 6.92 Å². The molecule has 0 aromatic carbocycles. The van der Waals surface area contributed by atoms with Crippen LogP contribution >= 0.6 is 0 Å². The highest BCUT2D eigenvalue weighted by atomic mass is 16.4. The van der Waals surface area contributed by atoms with Crippen LogP contribution in [0.1, 0.15) is 16.1 Å². The van der Waals surface area contributed by atoms with Crippen molar-refractivity contribution >= 4 is 11.5 Å². The lowest BCUT2D eigenvalue weighted by Gasteiger charge is -1.93. The second kappa shape index (κ2) is 2.55. The quantitative estimate of drug-likeness (QED) is 0.697. The largest absolute Gasteiger partial charge is 0.478 e. The molecule has 0 atom stereocenters. The Balaban J connectivity index is 2.81. The average molecular weight is 177 g/mol. The van der Waals surface area contributed by atoms with E-state index in [9.17, 15) is 4.79 Å². The van der Waals surface area contributed by atoms with Crippen LogP contribution in [-0.2, 0) is 0 Å². The van der Waals surface area contributed by atoms with E-state index >= 15 is 0 Å². The van der Waals surface area contributed by atoms with Crippen LogP contribution in [-0.4, -0.2) is 25.7 Å². The summed E-state index contributed by atoms with van der Waals surface area (Å²) in [5.74, 6) is -0.942. The summed E-state index contributed by atoms with van der Waals surface area (Å²) in [6, 6.07) is 1.55. The number of carboxylic acids is 1. The van der Waals surface area contributed by atoms with Crippen molar-refractivity contribution in [1.82, 2.24) is 14.6 Å². The normalized spacial score (nSPS) is 10.5. The zero-order valence-corrected chi connectivity index (χ0v) is 6.93. The van der Waals surface area contributed by atoms with Gasteiger partial charge in [-0.2, -0.15) is 5.10 Å². The van der Waals surface area contributed by atoms with Crippen LogP contribution in [0.5, 0.6) is 0 Å². The number of rotatable bonds is 1. The van der Waals surface area contributed by atoms with Crippen molar-refractivity contribution in [2.24, 2.45) is 0 Å². The van der Waals surface area contributed by atoms with Crippen molar-refractivity contribution in [3.05, 3.63) is 29.8 Å². The Labute approximate surface area is 73.6 Å². The number of aryl methyl sites for hydroxylation is 1. The fraction of sp³-hybridized carbons (Fsp3) is 0.125. The van der Waals surface area contributed by atoms with Gasteiger partial charge in [-0.15, -0.1) is 0 Å². The lowest BCUT2D eigenvalue weighted by molar-refractivity contribution is 0.0696. The molecular weight excluding hydrogens is 170 g/mol. The fourth-order valence-electron chi connectivity index (χ4n) is 1.27. The summed E-state index contributed by atoms with van der Waals surface area (Å²) in [7, 11) is 0. The number of nitrogens with zero attached hydrogens (tertiary/aromatic N) is 3. The maximum Gasteiger partial charge on any atom is 0.337 e. The molecule has 2 aromatic rings. The first kappa shape index (κ1) is 7.72. The molecule has 0 saturated carbocycles. The number of carbonyl (C=O) groups is 1. The van der Waals surface area contributed by atoms with Gasteiger partial charge < -0.3 is 5.11 Å². The third-order valence-electron chi connectivity index (χ3n) is 1.92. The summed E-state index contributed by atoms with van der Waals surface area (Å²) in [5.41, 5.74) is 1.57. The summed E-state index contributed by atoms with van der Waals surface area (Å²) in [6.07, 6.45) is 2.96. The number of hydrogen-bond acceptors (Lipinski definition) is 3. The lowest BCUT2D eigenvalue weighted by atomic mass is 10.2. The van der Waals surface area contributed by atoms with Gasteiger partial charge >= 0.3 is 5.97 Å². The molecule has 0 aliphatic heterocycles. The van der Waals surface area contributed by atoms with Crippen LogP contribution in [0.4, 0.5) is 0 Å². The van der Waals surface area contributed by atoms with Crippen LogP contribution in [0.2, 0.25) is 0 Å². The topological polar surface area (TPSA) is 67.5 Å². The van der Waals surface area contributed by atoms with Crippen LogP contribution in [0.15, 0.2) is 18.6 Å². The molecule has 13 heavy (non-hydrogen) atoms. The predicted octanol–water partition coefficient (Wildman–Crippen LogP) is 0.736. The molecule has 0 fully saturated rings. The smallest absolute Gasteiger partial charge is 0.337 e. The molecule has 2 rings (SSSR count). The van der Waals surface area contributed by atoms with E-state index in [-0.39, 0.29) is 5.56 Å². The molecule has 5 nitrogen and oxygen atoms in total. The van der Waals surface area contributed by atoms with Gasteiger partial charge in [-0.25, -0.2) is 14.3 Å². The molecule has 2 aromatic heterocycles. The fourth-order valence-corrected chi connectivity index (χ4v) is 1.27. The van der Waals surface area contributed by atoms with E-state index in [1.54, 1.807) is 23.7 Å². The van der Waals surface area contributed by atoms with Crippen molar-refractivity contribution in [2.75, 3.05) is 0 Å². The Morgan fingerprint density at radius 1 is 1.62 bits per heavy atom. The van der Waals surface area contributed by atoms with Crippen molar-refractivity contribution in [1.29, 1.82) is 0 Å². The lowest BCUT2D eigenvalue weighted by Crippen LogP contribution is -1.99. The molecule has 0 saturated heterocycles. The monoisotopic (exact) mass is 177 g/mol. The van der Waals surface area contributed by atoms with Crippen molar-refractivity contribution < 1.29 is 9.90 Å². The summed E-state index contributed by atoms with van der Waals surface area (Å²) in [5, 5.41) is 12.7. The summed E-state index contributed by atoms with van der Waals surface area (Å²) in [6.45, 7) is 1.71. The average Bonchev–Trinajstić information content (AvgIpc) is 2.45. The molecule has 0 amide bonds. The molecular formula is C8H7N3O2. The summed E-state index contributed by atoms with van der Waals surface area (Å²) < 4.78 is 1.55. The van der Waals surface area contributed by atoms with E-state index in [1.165, 1.54) is 6.33 Å². The van der Waals surface area contributed by atoms with E-state index in [0.717, 1.165) is 0 Å². The van der Waals surface area contributed by atoms with E-state index in [0.29, 0.717) is 11.2 Å². The van der Waals surface area contributed by atoms with Gasteiger partial charge in [-0.3, -0.25) is 0 Å². The van der Waals surface area contributed by atoms with E-state index in [4.69, 9.17) is 5.11 Å². The number of carboxylic acid groups (broad SMARTS) is 1. The molecule has 0 spiro atoms. The Hall–Kier alpha value is -1.91. The van der Waals surface area contributed by atoms with Gasteiger partial charge in [0.25, 0.3) is 0 Å². The first-order valence-corrected chi connectivity index (χ1v) is 3.72. The predicted molar refractivity (Wildman–Crippen MR) is 44.7 cm³/mol. The molecule has 0 aliphatic rings. The van der Waals surface area contributed by atoms with Gasteiger partial charge in [-0.05, 0) is 13.0 Å². The molecule has 66 valence electrons.